The van der Waals surface area contributed by atoms with E-state index in [1.807, 2.05) is 16.8 Å². The maximum atomic E-state index is 13.9. The van der Waals surface area contributed by atoms with Crippen LogP contribution in [0.15, 0.2) is 41.1 Å². The first-order chi connectivity index (χ1) is 10.0. The average Bonchev–Trinajstić information content (AvgIpc) is 2.98. The lowest BCUT2D eigenvalue weighted by atomic mass is 9.95. The van der Waals surface area contributed by atoms with E-state index in [9.17, 15) is 9.18 Å². The smallest absolute Gasteiger partial charge is 0.224 e. The van der Waals surface area contributed by atoms with Gasteiger partial charge in [0.1, 0.15) is 11.4 Å². The minimum atomic E-state index is -0.893. The Bertz CT molecular complexity index is 600. The maximum Gasteiger partial charge on any atom is 0.224 e. The molecule has 0 spiro atoms. The first-order valence-corrected chi connectivity index (χ1v) is 7.57. The van der Waals surface area contributed by atoms with E-state index < -0.39 is 5.60 Å². The summed E-state index contributed by atoms with van der Waals surface area (Å²) in [5.41, 5.74) is 0.515. The Kier molecular flexibility index (Phi) is 5.09. The van der Waals surface area contributed by atoms with Crippen molar-refractivity contribution in [1.82, 2.24) is 5.32 Å². The molecule has 0 aliphatic heterocycles. The molecular formula is C16H18FNO2S. The summed E-state index contributed by atoms with van der Waals surface area (Å²) in [7, 11) is 1.51. The Morgan fingerprint density at radius 1 is 1.38 bits per heavy atom. The van der Waals surface area contributed by atoms with E-state index in [0.29, 0.717) is 12.0 Å². The predicted molar refractivity (Wildman–Crippen MR) is 81.8 cm³/mol. The molecule has 0 fully saturated rings. The van der Waals surface area contributed by atoms with Crippen LogP contribution in [0.5, 0.6) is 0 Å². The number of carbonyl (C=O) groups is 1. The standard InChI is InChI=1S/C16H18FNO2S/c1-16(20-2,13-5-3-4-6-14(13)17)11-18-15(19)9-12-7-8-21-10-12/h3-8,10H,9,11H2,1-2H3,(H,18,19)/t16-/m1/s1. The molecule has 1 amide bonds. The molecule has 1 N–H and O–H groups in total. The summed E-state index contributed by atoms with van der Waals surface area (Å²) in [5, 5.41) is 6.68. The van der Waals surface area contributed by atoms with E-state index in [-0.39, 0.29) is 18.3 Å². The molecule has 1 atom stereocenters. The highest BCUT2D eigenvalue weighted by Crippen LogP contribution is 2.26. The van der Waals surface area contributed by atoms with E-state index >= 15 is 0 Å². The largest absolute Gasteiger partial charge is 0.372 e. The monoisotopic (exact) mass is 307 g/mol. The molecule has 0 aliphatic rings. The van der Waals surface area contributed by atoms with Gasteiger partial charge in [0.15, 0.2) is 0 Å². The van der Waals surface area contributed by atoms with Crippen molar-refractivity contribution in [2.45, 2.75) is 18.9 Å². The summed E-state index contributed by atoms with van der Waals surface area (Å²) in [6.45, 7) is 1.98. The zero-order valence-corrected chi connectivity index (χ0v) is 12.9. The van der Waals surface area contributed by atoms with Crippen molar-refractivity contribution in [3.8, 4) is 0 Å². The SMILES string of the molecule is CO[C@](C)(CNC(=O)Cc1ccsc1)c1ccccc1F. The molecule has 2 rings (SSSR count). The molecule has 1 aromatic heterocycles. The van der Waals surface area contributed by atoms with Gasteiger partial charge in [-0.3, -0.25) is 4.79 Å². The normalized spacial score (nSPS) is 13.7. The summed E-state index contributed by atoms with van der Waals surface area (Å²) in [6, 6.07) is 8.35. The molecule has 5 heteroatoms. The lowest BCUT2D eigenvalue weighted by Crippen LogP contribution is -2.41. The van der Waals surface area contributed by atoms with Gasteiger partial charge >= 0.3 is 0 Å². The summed E-state index contributed by atoms with van der Waals surface area (Å²) >= 11 is 1.55. The second-order valence-electron chi connectivity index (χ2n) is 5.00. The minimum absolute atomic E-state index is 0.104. The molecule has 0 aliphatic carbocycles. The number of hydrogen-bond acceptors (Lipinski definition) is 3. The van der Waals surface area contributed by atoms with Crippen molar-refractivity contribution in [2.75, 3.05) is 13.7 Å². The molecule has 2 aromatic rings. The Balaban J connectivity index is 2.02. The fourth-order valence-corrected chi connectivity index (χ4v) is 2.74. The Labute approximate surface area is 127 Å². The number of hydrogen-bond donors (Lipinski definition) is 1. The van der Waals surface area contributed by atoms with Crippen molar-refractivity contribution in [2.24, 2.45) is 0 Å². The van der Waals surface area contributed by atoms with Gasteiger partial charge in [-0.15, -0.1) is 0 Å². The second kappa shape index (κ2) is 6.83. The average molecular weight is 307 g/mol. The van der Waals surface area contributed by atoms with Gasteiger partial charge in [-0.1, -0.05) is 18.2 Å². The number of halogens is 1. The van der Waals surface area contributed by atoms with Crippen LogP contribution in [-0.2, 0) is 21.6 Å². The molecule has 1 heterocycles. The van der Waals surface area contributed by atoms with Gasteiger partial charge in [0.2, 0.25) is 5.91 Å². The highest BCUT2D eigenvalue weighted by Gasteiger charge is 2.29. The van der Waals surface area contributed by atoms with Gasteiger partial charge in [0.05, 0.1) is 13.0 Å². The van der Waals surface area contributed by atoms with Crippen molar-refractivity contribution in [3.05, 3.63) is 58.0 Å². The third-order valence-corrected chi connectivity index (χ3v) is 4.19. The Hall–Kier alpha value is -1.72. The van der Waals surface area contributed by atoms with Crippen LogP contribution in [0.3, 0.4) is 0 Å². The van der Waals surface area contributed by atoms with E-state index in [4.69, 9.17) is 4.74 Å². The lowest BCUT2D eigenvalue weighted by Gasteiger charge is -2.29. The number of nitrogens with one attached hydrogen (secondary N) is 1. The summed E-state index contributed by atoms with van der Waals surface area (Å²) in [6.07, 6.45) is 0.320. The number of carbonyl (C=O) groups excluding carboxylic acids is 1. The molecule has 0 saturated heterocycles. The maximum absolute atomic E-state index is 13.9. The molecule has 0 bridgehead atoms. The first kappa shape index (κ1) is 15.7. The Morgan fingerprint density at radius 2 is 2.14 bits per heavy atom. The van der Waals surface area contributed by atoms with Gasteiger partial charge in [0.25, 0.3) is 0 Å². The van der Waals surface area contributed by atoms with Crippen LogP contribution in [0, 0.1) is 5.82 Å². The summed E-state index contributed by atoms with van der Waals surface area (Å²) < 4.78 is 19.3. The molecule has 0 radical (unpaired) electrons. The van der Waals surface area contributed by atoms with Gasteiger partial charge in [-0.25, -0.2) is 4.39 Å². The van der Waals surface area contributed by atoms with Crippen LogP contribution >= 0.6 is 11.3 Å². The van der Waals surface area contributed by atoms with Crippen LogP contribution in [0.4, 0.5) is 4.39 Å². The van der Waals surface area contributed by atoms with Crippen LogP contribution in [0.1, 0.15) is 18.1 Å². The first-order valence-electron chi connectivity index (χ1n) is 6.63. The number of methoxy groups -OCH3 is 1. The van der Waals surface area contributed by atoms with Gasteiger partial charge in [-0.2, -0.15) is 11.3 Å². The highest BCUT2D eigenvalue weighted by atomic mass is 32.1. The fourth-order valence-electron chi connectivity index (χ4n) is 2.08. The van der Waals surface area contributed by atoms with Gasteiger partial charge in [0, 0.05) is 12.7 Å². The molecule has 112 valence electrons. The lowest BCUT2D eigenvalue weighted by molar-refractivity contribution is -0.122. The van der Waals surface area contributed by atoms with Crippen LogP contribution in [-0.4, -0.2) is 19.6 Å². The predicted octanol–water partition coefficient (Wildman–Crippen LogP) is 3.11. The number of ether oxygens (including phenoxy) is 1. The molecular weight excluding hydrogens is 289 g/mol. The number of rotatable bonds is 6. The summed E-state index contributed by atoms with van der Waals surface area (Å²) in [5.74, 6) is -0.443. The molecule has 0 unspecified atom stereocenters. The third kappa shape index (κ3) is 3.89. The van der Waals surface area contributed by atoms with Crippen LogP contribution in [0.25, 0.3) is 0 Å². The topological polar surface area (TPSA) is 38.3 Å². The van der Waals surface area contributed by atoms with Gasteiger partial charge < -0.3 is 10.1 Å². The number of benzene rings is 1. The number of thiophene rings is 1. The minimum Gasteiger partial charge on any atom is -0.372 e. The zero-order chi connectivity index (χ0) is 15.3. The number of amides is 1. The van der Waals surface area contributed by atoms with Crippen LogP contribution < -0.4 is 5.32 Å². The van der Waals surface area contributed by atoms with E-state index in [1.165, 1.54) is 13.2 Å². The van der Waals surface area contributed by atoms with Crippen molar-refractivity contribution >= 4 is 17.2 Å². The molecule has 0 saturated carbocycles. The molecule has 21 heavy (non-hydrogen) atoms. The third-order valence-electron chi connectivity index (χ3n) is 3.46. The van der Waals surface area contributed by atoms with E-state index in [2.05, 4.69) is 5.32 Å². The van der Waals surface area contributed by atoms with E-state index in [1.54, 1.807) is 36.5 Å². The van der Waals surface area contributed by atoms with Crippen LogP contribution in [0.2, 0.25) is 0 Å². The fraction of sp³-hybridized carbons (Fsp3) is 0.312. The Morgan fingerprint density at radius 3 is 2.76 bits per heavy atom. The molecule has 3 nitrogen and oxygen atoms in total. The quantitative estimate of drug-likeness (QED) is 0.890. The second-order valence-corrected chi connectivity index (χ2v) is 5.78. The van der Waals surface area contributed by atoms with Gasteiger partial charge in [-0.05, 0) is 35.4 Å². The molecule has 1 aromatic carbocycles. The highest BCUT2D eigenvalue weighted by molar-refractivity contribution is 7.07. The van der Waals surface area contributed by atoms with E-state index in [0.717, 1.165) is 5.56 Å². The zero-order valence-electron chi connectivity index (χ0n) is 12.1. The van der Waals surface area contributed by atoms with Crippen molar-refractivity contribution in [1.29, 1.82) is 0 Å². The summed E-state index contributed by atoms with van der Waals surface area (Å²) in [4.78, 5) is 11.9. The van der Waals surface area contributed by atoms with Crippen molar-refractivity contribution < 1.29 is 13.9 Å². The van der Waals surface area contributed by atoms with Crippen molar-refractivity contribution in [3.63, 3.8) is 0 Å².